The summed E-state index contributed by atoms with van der Waals surface area (Å²) in [5.74, 6) is -1.59. The normalized spacial score (nSPS) is 12.6. The second kappa shape index (κ2) is 4.83. The van der Waals surface area contributed by atoms with Crippen LogP contribution in [0.4, 0.5) is 13.2 Å². The monoisotopic (exact) mass is 230 g/mol. The standard InChI is InChI=1S/C11H9F3O2/c12-11(13,14)9(7-10(15)16)6-8-4-2-1-3-5-8/h1-5,7H,6H2,(H,15,16)/b9-7-. The molecule has 0 amide bonds. The second-order valence-corrected chi connectivity index (χ2v) is 3.17. The molecule has 0 spiro atoms. The topological polar surface area (TPSA) is 37.3 Å². The lowest BCUT2D eigenvalue weighted by atomic mass is 10.0. The molecular weight excluding hydrogens is 221 g/mol. The van der Waals surface area contributed by atoms with Crippen LogP contribution in [0.1, 0.15) is 5.56 Å². The Morgan fingerprint density at radius 2 is 1.81 bits per heavy atom. The van der Waals surface area contributed by atoms with Crippen LogP contribution in [0.5, 0.6) is 0 Å². The van der Waals surface area contributed by atoms with Crippen LogP contribution in [0.2, 0.25) is 0 Å². The van der Waals surface area contributed by atoms with E-state index < -0.39 is 24.1 Å². The fourth-order valence-corrected chi connectivity index (χ4v) is 1.20. The van der Waals surface area contributed by atoms with Crippen molar-refractivity contribution in [1.82, 2.24) is 0 Å². The van der Waals surface area contributed by atoms with Gasteiger partial charge in [-0.15, -0.1) is 0 Å². The molecule has 0 aliphatic rings. The number of carbonyl (C=O) groups is 1. The molecule has 86 valence electrons. The van der Waals surface area contributed by atoms with Gasteiger partial charge in [0.1, 0.15) is 0 Å². The summed E-state index contributed by atoms with van der Waals surface area (Å²) in [6, 6.07) is 7.91. The number of benzene rings is 1. The Hall–Kier alpha value is -1.78. The number of aliphatic carboxylic acids is 1. The minimum absolute atomic E-state index is 0.201. The van der Waals surface area contributed by atoms with Crippen molar-refractivity contribution in [2.45, 2.75) is 12.6 Å². The van der Waals surface area contributed by atoms with Gasteiger partial charge in [-0.3, -0.25) is 0 Å². The van der Waals surface area contributed by atoms with E-state index in [0.29, 0.717) is 5.56 Å². The molecule has 0 atom stereocenters. The van der Waals surface area contributed by atoms with Gasteiger partial charge in [0.2, 0.25) is 0 Å². The highest BCUT2D eigenvalue weighted by Gasteiger charge is 2.33. The van der Waals surface area contributed by atoms with E-state index in [4.69, 9.17) is 5.11 Å². The van der Waals surface area contributed by atoms with Gasteiger partial charge in [-0.1, -0.05) is 30.3 Å². The van der Waals surface area contributed by atoms with Crippen molar-refractivity contribution in [3.63, 3.8) is 0 Å². The Balaban J connectivity index is 2.93. The van der Waals surface area contributed by atoms with Gasteiger partial charge < -0.3 is 5.11 Å². The molecule has 0 bridgehead atoms. The highest BCUT2D eigenvalue weighted by molar-refractivity contribution is 5.81. The summed E-state index contributed by atoms with van der Waals surface area (Å²) in [7, 11) is 0. The predicted octanol–water partition coefficient (Wildman–Crippen LogP) is 2.80. The quantitative estimate of drug-likeness (QED) is 0.810. The molecule has 1 aromatic carbocycles. The van der Waals surface area contributed by atoms with E-state index in [1.165, 1.54) is 12.1 Å². The first-order valence-corrected chi connectivity index (χ1v) is 4.44. The number of hydrogen-bond acceptors (Lipinski definition) is 1. The highest BCUT2D eigenvalue weighted by atomic mass is 19.4. The summed E-state index contributed by atoms with van der Waals surface area (Å²) < 4.78 is 37.3. The molecule has 2 nitrogen and oxygen atoms in total. The van der Waals surface area contributed by atoms with E-state index in [1.54, 1.807) is 18.2 Å². The number of carboxylic acid groups (broad SMARTS) is 1. The van der Waals surface area contributed by atoms with Crippen LogP contribution in [0.3, 0.4) is 0 Å². The zero-order chi connectivity index (χ0) is 12.2. The van der Waals surface area contributed by atoms with E-state index in [1.807, 2.05) is 0 Å². The zero-order valence-electron chi connectivity index (χ0n) is 8.16. The molecule has 16 heavy (non-hydrogen) atoms. The number of alkyl halides is 3. The van der Waals surface area contributed by atoms with Crippen molar-refractivity contribution in [3.8, 4) is 0 Å². The minimum Gasteiger partial charge on any atom is -0.478 e. The molecule has 5 heteroatoms. The average molecular weight is 230 g/mol. The molecule has 0 radical (unpaired) electrons. The van der Waals surface area contributed by atoms with Crippen molar-refractivity contribution in [1.29, 1.82) is 0 Å². The first-order valence-electron chi connectivity index (χ1n) is 4.44. The summed E-state index contributed by atoms with van der Waals surface area (Å²) in [5.41, 5.74) is -0.640. The fourth-order valence-electron chi connectivity index (χ4n) is 1.20. The molecule has 0 unspecified atom stereocenters. The van der Waals surface area contributed by atoms with Crippen molar-refractivity contribution in [3.05, 3.63) is 47.5 Å². The third-order valence-electron chi connectivity index (χ3n) is 1.90. The van der Waals surface area contributed by atoms with Crippen LogP contribution in [-0.4, -0.2) is 17.3 Å². The van der Waals surface area contributed by atoms with Gasteiger partial charge in [-0.05, 0) is 5.56 Å². The van der Waals surface area contributed by atoms with Crippen molar-refractivity contribution >= 4 is 5.97 Å². The molecule has 1 aromatic rings. The number of rotatable bonds is 3. The maximum absolute atomic E-state index is 12.4. The Kier molecular flexibility index (Phi) is 3.71. The molecule has 0 saturated heterocycles. The van der Waals surface area contributed by atoms with E-state index in [-0.39, 0.29) is 6.08 Å². The molecule has 1 N–H and O–H groups in total. The van der Waals surface area contributed by atoms with Gasteiger partial charge in [0.05, 0.1) is 0 Å². The number of halogens is 3. The van der Waals surface area contributed by atoms with Crippen LogP contribution in [0.15, 0.2) is 42.0 Å². The lowest BCUT2D eigenvalue weighted by molar-refractivity contribution is -0.132. The lowest BCUT2D eigenvalue weighted by Crippen LogP contribution is -2.15. The minimum atomic E-state index is -4.62. The maximum Gasteiger partial charge on any atom is 0.413 e. The smallest absolute Gasteiger partial charge is 0.413 e. The van der Waals surface area contributed by atoms with Crippen LogP contribution >= 0.6 is 0 Å². The van der Waals surface area contributed by atoms with Gasteiger partial charge in [0.25, 0.3) is 0 Å². The summed E-state index contributed by atoms with van der Waals surface area (Å²) in [4.78, 5) is 10.3. The van der Waals surface area contributed by atoms with Crippen LogP contribution in [0, 0.1) is 0 Å². The fraction of sp³-hybridized carbons (Fsp3) is 0.182. The van der Waals surface area contributed by atoms with Crippen LogP contribution in [-0.2, 0) is 11.2 Å². The summed E-state index contributed by atoms with van der Waals surface area (Å²) >= 11 is 0. The van der Waals surface area contributed by atoms with E-state index in [0.717, 1.165) is 0 Å². The first-order chi connectivity index (χ1) is 7.39. The largest absolute Gasteiger partial charge is 0.478 e. The summed E-state index contributed by atoms with van der Waals surface area (Å²) in [6.45, 7) is 0. The second-order valence-electron chi connectivity index (χ2n) is 3.17. The van der Waals surface area contributed by atoms with Gasteiger partial charge >= 0.3 is 12.1 Å². The van der Waals surface area contributed by atoms with Crippen LogP contribution < -0.4 is 0 Å². The molecule has 0 heterocycles. The Labute approximate surface area is 90.0 Å². The zero-order valence-corrected chi connectivity index (χ0v) is 8.16. The lowest BCUT2D eigenvalue weighted by Gasteiger charge is -2.10. The van der Waals surface area contributed by atoms with Gasteiger partial charge in [0.15, 0.2) is 0 Å². The number of carboxylic acids is 1. The first kappa shape index (κ1) is 12.3. The molecule has 0 aliphatic heterocycles. The van der Waals surface area contributed by atoms with Gasteiger partial charge in [-0.2, -0.15) is 13.2 Å². The van der Waals surface area contributed by atoms with Crippen molar-refractivity contribution in [2.75, 3.05) is 0 Å². The Morgan fingerprint density at radius 3 is 2.25 bits per heavy atom. The Morgan fingerprint density at radius 1 is 1.25 bits per heavy atom. The van der Waals surface area contributed by atoms with Crippen LogP contribution in [0.25, 0.3) is 0 Å². The van der Waals surface area contributed by atoms with E-state index >= 15 is 0 Å². The highest BCUT2D eigenvalue weighted by Crippen LogP contribution is 2.28. The van der Waals surface area contributed by atoms with E-state index in [9.17, 15) is 18.0 Å². The third kappa shape index (κ3) is 3.76. The van der Waals surface area contributed by atoms with Crippen molar-refractivity contribution < 1.29 is 23.1 Å². The molecule has 0 fully saturated rings. The SMILES string of the molecule is O=C(O)/C=C(/Cc1ccccc1)C(F)(F)F. The maximum atomic E-state index is 12.4. The third-order valence-corrected chi connectivity index (χ3v) is 1.90. The Bertz CT molecular complexity index is 393. The van der Waals surface area contributed by atoms with Crippen molar-refractivity contribution in [2.24, 2.45) is 0 Å². The predicted molar refractivity (Wildman–Crippen MR) is 51.9 cm³/mol. The molecule has 0 aromatic heterocycles. The molecule has 0 aliphatic carbocycles. The number of hydrogen-bond donors (Lipinski definition) is 1. The molecule has 1 rings (SSSR count). The van der Waals surface area contributed by atoms with Gasteiger partial charge in [-0.25, -0.2) is 4.79 Å². The number of allylic oxidation sites excluding steroid dienone is 1. The van der Waals surface area contributed by atoms with E-state index in [2.05, 4.69) is 0 Å². The van der Waals surface area contributed by atoms with Gasteiger partial charge in [0, 0.05) is 18.1 Å². The molecule has 0 saturated carbocycles. The molecular formula is C11H9F3O2. The summed E-state index contributed by atoms with van der Waals surface area (Å²) in [5, 5.41) is 8.35. The summed E-state index contributed by atoms with van der Waals surface area (Å²) in [6.07, 6.45) is -4.85. The average Bonchev–Trinajstić information content (AvgIpc) is 2.16.